The van der Waals surface area contributed by atoms with Crippen molar-refractivity contribution in [2.24, 2.45) is 17.8 Å². The molecule has 0 aromatic carbocycles. The first-order valence-corrected chi connectivity index (χ1v) is 8.53. The van der Waals surface area contributed by atoms with Gasteiger partial charge in [0, 0.05) is 6.54 Å². The quantitative estimate of drug-likeness (QED) is 0.639. The largest absolute Gasteiger partial charge is 0.481 e. The number of carbonyl (C=O) groups is 2. The van der Waals surface area contributed by atoms with Crippen molar-refractivity contribution in [3.8, 4) is 0 Å². The van der Waals surface area contributed by atoms with Crippen LogP contribution in [0.3, 0.4) is 0 Å². The normalized spacial score (nSPS) is 22.2. The number of carboxylic acid groups (broad SMARTS) is 1. The van der Waals surface area contributed by atoms with Crippen molar-refractivity contribution in [3.05, 3.63) is 0 Å². The van der Waals surface area contributed by atoms with Gasteiger partial charge < -0.3 is 10.4 Å². The van der Waals surface area contributed by atoms with Crippen LogP contribution in [0.5, 0.6) is 0 Å². The summed E-state index contributed by atoms with van der Waals surface area (Å²) in [5.74, 6) is -0.904. The Bertz CT molecular complexity index is 328. The lowest BCUT2D eigenvalue weighted by molar-refractivity contribution is -0.148. The Balaban J connectivity index is 2.16. The molecule has 0 aromatic rings. The van der Waals surface area contributed by atoms with E-state index in [1.54, 1.807) is 0 Å². The third-order valence-electron chi connectivity index (χ3n) is 4.43. The van der Waals surface area contributed by atoms with Gasteiger partial charge in [-0.2, -0.15) is 0 Å². The van der Waals surface area contributed by atoms with E-state index in [1.807, 2.05) is 0 Å². The molecule has 2 N–H and O–H groups in total. The lowest BCUT2D eigenvalue weighted by atomic mass is 9.78. The van der Waals surface area contributed by atoms with E-state index in [2.05, 4.69) is 19.2 Å². The van der Waals surface area contributed by atoms with Crippen LogP contribution in [0.4, 0.5) is 0 Å². The summed E-state index contributed by atoms with van der Waals surface area (Å²) in [6.45, 7) is 5.16. The lowest BCUT2D eigenvalue weighted by Gasteiger charge is -2.27. The standard InChI is InChI=1S/C17H31NO3/c1-13(2)9-5-3-4-8-12-18-16(19)14-10-6-7-11-15(14)17(20)21/h13-15H,3-12H2,1-2H3,(H,18,19)(H,20,21). The van der Waals surface area contributed by atoms with E-state index in [0.29, 0.717) is 13.0 Å². The topological polar surface area (TPSA) is 66.4 Å². The van der Waals surface area contributed by atoms with E-state index in [4.69, 9.17) is 0 Å². The van der Waals surface area contributed by atoms with E-state index in [9.17, 15) is 14.7 Å². The van der Waals surface area contributed by atoms with Crippen molar-refractivity contribution in [3.63, 3.8) is 0 Å². The van der Waals surface area contributed by atoms with E-state index in [0.717, 1.165) is 38.0 Å². The fourth-order valence-corrected chi connectivity index (χ4v) is 3.11. The second kappa shape index (κ2) is 9.80. The summed E-state index contributed by atoms with van der Waals surface area (Å²) in [7, 11) is 0. The zero-order valence-corrected chi connectivity index (χ0v) is 13.6. The van der Waals surface area contributed by atoms with Gasteiger partial charge in [0.05, 0.1) is 11.8 Å². The molecule has 4 heteroatoms. The average molecular weight is 297 g/mol. The molecule has 0 radical (unpaired) electrons. The number of unbranched alkanes of at least 4 members (excludes halogenated alkanes) is 3. The lowest BCUT2D eigenvalue weighted by Crippen LogP contribution is -2.40. The number of carbonyl (C=O) groups excluding carboxylic acids is 1. The number of aliphatic carboxylic acids is 1. The molecule has 2 atom stereocenters. The summed E-state index contributed by atoms with van der Waals surface area (Å²) in [6.07, 6.45) is 9.14. The number of hydrogen-bond donors (Lipinski definition) is 2. The number of amides is 1. The summed E-state index contributed by atoms with van der Waals surface area (Å²) in [5, 5.41) is 12.1. The number of rotatable bonds is 9. The zero-order chi connectivity index (χ0) is 15.7. The molecule has 0 saturated heterocycles. The highest BCUT2D eigenvalue weighted by atomic mass is 16.4. The maximum absolute atomic E-state index is 12.1. The van der Waals surface area contributed by atoms with Crippen LogP contribution < -0.4 is 5.32 Å². The van der Waals surface area contributed by atoms with Gasteiger partial charge in [0.1, 0.15) is 0 Å². The van der Waals surface area contributed by atoms with E-state index in [1.165, 1.54) is 19.3 Å². The number of hydrogen-bond acceptors (Lipinski definition) is 2. The Morgan fingerprint density at radius 1 is 1.05 bits per heavy atom. The molecule has 21 heavy (non-hydrogen) atoms. The van der Waals surface area contributed by atoms with Gasteiger partial charge in [-0.15, -0.1) is 0 Å². The smallest absolute Gasteiger partial charge is 0.307 e. The first-order chi connectivity index (χ1) is 10.0. The summed E-state index contributed by atoms with van der Waals surface area (Å²) >= 11 is 0. The highest BCUT2D eigenvalue weighted by Gasteiger charge is 2.35. The van der Waals surface area contributed by atoms with Crippen molar-refractivity contribution in [1.82, 2.24) is 5.32 Å². The Morgan fingerprint density at radius 2 is 1.67 bits per heavy atom. The van der Waals surface area contributed by atoms with Gasteiger partial charge in [-0.05, 0) is 25.2 Å². The van der Waals surface area contributed by atoms with Crippen LogP contribution in [-0.4, -0.2) is 23.5 Å². The van der Waals surface area contributed by atoms with Gasteiger partial charge in [-0.3, -0.25) is 9.59 Å². The fourth-order valence-electron chi connectivity index (χ4n) is 3.11. The minimum atomic E-state index is -0.816. The summed E-state index contributed by atoms with van der Waals surface area (Å²) in [4.78, 5) is 23.3. The van der Waals surface area contributed by atoms with Gasteiger partial charge in [0.2, 0.25) is 5.91 Å². The van der Waals surface area contributed by atoms with E-state index in [-0.39, 0.29) is 11.8 Å². The zero-order valence-electron chi connectivity index (χ0n) is 13.6. The van der Waals surface area contributed by atoms with Crippen LogP contribution in [0.2, 0.25) is 0 Å². The number of carboxylic acids is 1. The predicted molar refractivity (Wildman–Crippen MR) is 84.0 cm³/mol. The molecule has 0 heterocycles. The Labute approximate surface area is 128 Å². The molecule has 0 bridgehead atoms. The third kappa shape index (κ3) is 6.96. The molecular formula is C17H31NO3. The van der Waals surface area contributed by atoms with Gasteiger partial charge >= 0.3 is 5.97 Å². The summed E-state index contributed by atoms with van der Waals surface area (Å²) in [6, 6.07) is 0. The molecule has 2 unspecified atom stereocenters. The minimum Gasteiger partial charge on any atom is -0.481 e. The predicted octanol–water partition coefficient (Wildman–Crippen LogP) is 3.60. The fraction of sp³-hybridized carbons (Fsp3) is 0.882. The molecular weight excluding hydrogens is 266 g/mol. The van der Waals surface area contributed by atoms with Gasteiger partial charge in [0.15, 0.2) is 0 Å². The Hall–Kier alpha value is -1.06. The van der Waals surface area contributed by atoms with Crippen molar-refractivity contribution in [2.75, 3.05) is 6.54 Å². The molecule has 1 saturated carbocycles. The molecule has 1 amide bonds. The molecule has 0 spiro atoms. The van der Waals surface area contributed by atoms with Gasteiger partial charge in [-0.1, -0.05) is 52.4 Å². The van der Waals surface area contributed by atoms with Crippen molar-refractivity contribution in [1.29, 1.82) is 0 Å². The highest BCUT2D eigenvalue weighted by molar-refractivity contribution is 5.84. The maximum atomic E-state index is 12.1. The molecule has 1 aliphatic rings. The van der Waals surface area contributed by atoms with Crippen molar-refractivity contribution < 1.29 is 14.7 Å². The molecule has 0 aliphatic heterocycles. The van der Waals surface area contributed by atoms with Crippen LogP contribution in [0.15, 0.2) is 0 Å². The van der Waals surface area contributed by atoms with Crippen LogP contribution in [0.25, 0.3) is 0 Å². The minimum absolute atomic E-state index is 0.0516. The van der Waals surface area contributed by atoms with E-state index < -0.39 is 11.9 Å². The SMILES string of the molecule is CC(C)CCCCCCNC(=O)C1CCCCC1C(=O)O. The van der Waals surface area contributed by atoms with Crippen LogP contribution in [-0.2, 0) is 9.59 Å². The molecule has 1 rings (SSSR count). The van der Waals surface area contributed by atoms with Gasteiger partial charge in [-0.25, -0.2) is 0 Å². The van der Waals surface area contributed by atoms with Gasteiger partial charge in [0.25, 0.3) is 0 Å². The Morgan fingerprint density at radius 3 is 2.29 bits per heavy atom. The van der Waals surface area contributed by atoms with E-state index >= 15 is 0 Å². The number of nitrogens with one attached hydrogen (secondary N) is 1. The molecule has 0 aromatic heterocycles. The highest BCUT2D eigenvalue weighted by Crippen LogP contribution is 2.30. The first-order valence-electron chi connectivity index (χ1n) is 8.53. The molecule has 1 aliphatic carbocycles. The Kier molecular flexibility index (Phi) is 8.40. The first kappa shape index (κ1) is 18.0. The summed E-state index contributed by atoms with van der Waals surface area (Å²) in [5.41, 5.74) is 0. The van der Waals surface area contributed by atoms with Crippen molar-refractivity contribution >= 4 is 11.9 Å². The molecule has 1 fully saturated rings. The van der Waals surface area contributed by atoms with Crippen LogP contribution in [0, 0.1) is 17.8 Å². The van der Waals surface area contributed by atoms with Crippen LogP contribution in [0.1, 0.15) is 71.6 Å². The second-order valence-corrected chi connectivity index (χ2v) is 6.72. The second-order valence-electron chi connectivity index (χ2n) is 6.72. The average Bonchev–Trinajstić information content (AvgIpc) is 2.45. The maximum Gasteiger partial charge on any atom is 0.307 e. The monoisotopic (exact) mass is 297 g/mol. The van der Waals surface area contributed by atoms with Crippen LogP contribution >= 0.6 is 0 Å². The molecule has 122 valence electrons. The molecule has 4 nitrogen and oxygen atoms in total. The summed E-state index contributed by atoms with van der Waals surface area (Å²) < 4.78 is 0. The van der Waals surface area contributed by atoms with Crippen molar-refractivity contribution in [2.45, 2.75) is 71.6 Å². The third-order valence-corrected chi connectivity index (χ3v) is 4.43.